The zero-order valence-electron chi connectivity index (χ0n) is 13.8. The molecule has 0 aromatic heterocycles. The van der Waals surface area contributed by atoms with Gasteiger partial charge in [-0.25, -0.2) is 0 Å². The van der Waals surface area contributed by atoms with Crippen molar-refractivity contribution >= 4 is 46.5 Å². The molecule has 0 heterocycles. The monoisotopic (exact) mass is 476 g/mol. The van der Waals surface area contributed by atoms with Crippen LogP contribution in [0.1, 0.15) is 86.5 Å². The minimum absolute atomic E-state index is 0. The van der Waals surface area contributed by atoms with Crippen LogP contribution in [0.3, 0.4) is 0 Å². The van der Waals surface area contributed by atoms with Crippen LogP contribution in [-0.2, 0) is 0 Å². The van der Waals surface area contributed by atoms with Crippen LogP contribution in [0.15, 0.2) is 12.7 Å². The molecule has 0 N–H and O–H groups in total. The Labute approximate surface area is 149 Å². The van der Waals surface area contributed by atoms with Gasteiger partial charge in [-0.2, -0.15) is 0 Å². The van der Waals surface area contributed by atoms with Gasteiger partial charge in [-0.15, -0.1) is 6.58 Å². The maximum atomic E-state index is 3.55. The van der Waals surface area contributed by atoms with E-state index in [1.165, 1.54) is 43.0 Å². The van der Waals surface area contributed by atoms with E-state index in [0.29, 0.717) is 0 Å². The Morgan fingerprint density at radius 1 is 0.722 bits per heavy atom. The first-order chi connectivity index (χ1) is 8.16. The summed E-state index contributed by atoms with van der Waals surface area (Å²) in [5.74, 6) is 0. The average Bonchev–Trinajstić information content (AvgIpc) is 2.40. The standard InChI is InChI=1S/C4H7I.3C4H10.Sn/c1-2-3-4-5;3*1-3-4-2;/h2H,1,3-4H2;3*3-4H2,1-2H3;. The van der Waals surface area contributed by atoms with Crippen LogP contribution < -0.4 is 0 Å². The molecule has 18 heavy (non-hydrogen) atoms. The molecule has 112 valence electrons. The van der Waals surface area contributed by atoms with Crippen molar-refractivity contribution in [3.63, 3.8) is 0 Å². The van der Waals surface area contributed by atoms with Crippen LogP contribution >= 0.6 is 22.6 Å². The normalized spacial score (nSPS) is 7.06. The van der Waals surface area contributed by atoms with Crippen LogP contribution in [0.2, 0.25) is 0 Å². The quantitative estimate of drug-likeness (QED) is 0.173. The van der Waals surface area contributed by atoms with E-state index < -0.39 is 0 Å². The van der Waals surface area contributed by atoms with Gasteiger partial charge < -0.3 is 0 Å². The summed E-state index contributed by atoms with van der Waals surface area (Å²) in [4.78, 5) is 0. The van der Waals surface area contributed by atoms with Gasteiger partial charge in [-0.1, -0.05) is 109 Å². The second kappa shape index (κ2) is 51.7. The van der Waals surface area contributed by atoms with Crippen molar-refractivity contribution in [1.29, 1.82) is 0 Å². The van der Waals surface area contributed by atoms with Gasteiger partial charge in [-0.3, -0.25) is 0 Å². The molecule has 0 nitrogen and oxygen atoms in total. The van der Waals surface area contributed by atoms with Crippen molar-refractivity contribution < 1.29 is 0 Å². The van der Waals surface area contributed by atoms with Gasteiger partial charge >= 0.3 is 0 Å². The maximum Gasteiger partial charge on any atom is 0.00298 e. The smallest absolute Gasteiger partial charge is 0.00298 e. The summed E-state index contributed by atoms with van der Waals surface area (Å²) in [5.41, 5.74) is 0. The van der Waals surface area contributed by atoms with Crippen molar-refractivity contribution in [2.45, 2.75) is 86.5 Å². The fraction of sp³-hybridized carbons (Fsp3) is 0.875. The molecule has 2 heteroatoms. The van der Waals surface area contributed by atoms with Crippen LogP contribution in [0.4, 0.5) is 0 Å². The van der Waals surface area contributed by atoms with Crippen LogP contribution in [-0.4, -0.2) is 28.3 Å². The summed E-state index contributed by atoms with van der Waals surface area (Å²) in [6.07, 6.45) is 11.0. The topological polar surface area (TPSA) is 0 Å². The Morgan fingerprint density at radius 3 is 0.944 bits per heavy atom. The van der Waals surface area contributed by atoms with Crippen molar-refractivity contribution in [2.24, 2.45) is 0 Å². The van der Waals surface area contributed by atoms with Crippen molar-refractivity contribution in [2.75, 3.05) is 4.43 Å². The van der Waals surface area contributed by atoms with E-state index >= 15 is 0 Å². The van der Waals surface area contributed by atoms with Crippen molar-refractivity contribution in [3.8, 4) is 0 Å². The predicted molar refractivity (Wildman–Crippen MR) is 101 cm³/mol. The van der Waals surface area contributed by atoms with Crippen LogP contribution in [0.5, 0.6) is 0 Å². The number of halogens is 1. The van der Waals surface area contributed by atoms with E-state index in [9.17, 15) is 0 Å². The number of rotatable bonds is 5. The summed E-state index contributed by atoms with van der Waals surface area (Å²) in [7, 11) is 0. The fourth-order valence-electron chi connectivity index (χ4n) is 0.0772. The second-order valence-electron chi connectivity index (χ2n) is 3.77. The molecule has 0 aliphatic carbocycles. The molecule has 0 aliphatic heterocycles. The summed E-state index contributed by atoms with van der Waals surface area (Å²) < 4.78 is 1.20. The third kappa shape index (κ3) is 116. The Hall–Kier alpha value is 1.27. The minimum Gasteiger partial charge on any atom is -0.103 e. The van der Waals surface area contributed by atoms with E-state index in [1.807, 2.05) is 6.08 Å². The van der Waals surface area contributed by atoms with Crippen molar-refractivity contribution in [1.82, 2.24) is 0 Å². The second-order valence-corrected chi connectivity index (χ2v) is 4.85. The summed E-state index contributed by atoms with van der Waals surface area (Å²) in [6, 6.07) is 0. The van der Waals surface area contributed by atoms with E-state index in [1.54, 1.807) is 0 Å². The summed E-state index contributed by atoms with van der Waals surface area (Å²) >= 11 is 2.32. The third-order valence-electron chi connectivity index (χ3n) is 1.81. The first-order valence-electron chi connectivity index (χ1n) is 7.33. The van der Waals surface area contributed by atoms with Gasteiger partial charge in [-0.05, 0) is 6.42 Å². The number of unbranched alkanes of at least 4 members (excludes halogenated alkanes) is 3. The molecule has 4 radical (unpaired) electrons. The number of alkyl halides is 1. The maximum absolute atomic E-state index is 3.55. The molecular formula is C16H37ISn. The summed E-state index contributed by atoms with van der Waals surface area (Å²) in [5, 5.41) is 0. The van der Waals surface area contributed by atoms with Gasteiger partial charge in [0.2, 0.25) is 0 Å². The van der Waals surface area contributed by atoms with Crippen molar-refractivity contribution in [3.05, 3.63) is 12.7 Å². The fourth-order valence-corrected chi connectivity index (χ4v) is 0.518. The zero-order valence-corrected chi connectivity index (χ0v) is 18.8. The first kappa shape index (κ1) is 31.6. The largest absolute Gasteiger partial charge is 0.103 e. The Bertz CT molecular complexity index is 69.7. The molecule has 0 fully saturated rings. The predicted octanol–water partition coefficient (Wildman–Crippen LogP) is 7.04. The SMILES string of the molecule is C=CCCI.CCCC.CCCC.CCCC.[Sn]. The average molecular weight is 475 g/mol. The van der Waals surface area contributed by atoms with Gasteiger partial charge in [0.25, 0.3) is 0 Å². The Kier molecular flexibility index (Phi) is 90.7. The number of hydrogen-bond donors (Lipinski definition) is 0. The van der Waals surface area contributed by atoms with E-state index in [0.717, 1.165) is 6.42 Å². The molecule has 0 aromatic carbocycles. The molecule has 0 atom stereocenters. The van der Waals surface area contributed by atoms with Crippen LogP contribution in [0, 0.1) is 0 Å². The molecule has 0 bridgehead atoms. The van der Waals surface area contributed by atoms with Gasteiger partial charge in [0.15, 0.2) is 0 Å². The number of allylic oxidation sites excluding steroid dienone is 1. The van der Waals surface area contributed by atoms with Gasteiger partial charge in [0, 0.05) is 28.3 Å². The Morgan fingerprint density at radius 2 is 0.944 bits per heavy atom. The molecule has 0 saturated carbocycles. The molecule has 0 rings (SSSR count). The molecule has 0 aromatic rings. The van der Waals surface area contributed by atoms with E-state index in [-0.39, 0.29) is 23.9 Å². The third-order valence-corrected chi connectivity index (χ3v) is 2.44. The van der Waals surface area contributed by atoms with Crippen LogP contribution in [0.25, 0.3) is 0 Å². The molecule has 0 unspecified atom stereocenters. The molecule has 0 spiro atoms. The molecular weight excluding hydrogens is 438 g/mol. The van der Waals surface area contributed by atoms with E-state index in [4.69, 9.17) is 0 Å². The molecule has 0 saturated heterocycles. The molecule has 0 aliphatic rings. The Balaban J connectivity index is -0.0000000412. The first-order valence-corrected chi connectivity index (χ1v) is 8.85. The van der Waals surface area contributed by atoms with Gasteiger partial charge in [0.05, 0.1) is 0 Å². The minimum atomic E-state index is 0. The van der Waals surface area contributed by atoms with E-state index in [2.05, 4.69) is 70.7 Å². The number of hydrogen-bond acceptors (Lipinski definition) is 0. The van der Waals surface area contributed by atoms with Gasteiger partial charge in [0.1, 0.15) is 0 Å². The summed E-state index contributed by atoms with van der Waals surface area (Å²) in [6.45, 7) is 16.6. The molecule has 0 amide bonds. The zero-order chi connectivity index (χ0) is 14.4.